The van der Waals surface area contributed by atoms with Crippen molar-refractivity contribution in [1.29, 1.82) is 0 Å². The second kappa shape index (κ2) is 5.80. The quantitative estimate of drug-likeness (QED) is 0.384. The first-order chi connectivity index (χ1) is 7.61. The van der Waals surface area contributed by atoms with Crippen LogP contribution in [0.5, 0.6) is 0 Å². The molecule has 2 aromatic rings. The van der Waals surface area contributed by atoms with Crippen molar-refractivity contribution in [3.63, 3.8) is 0 Å². The van der Waals surface area contributed by atoms with Gasteiger partial charge in [0.15, 0.2) is 6.20 Å². The molecule has 0 bridgehead atoms. The average molecular weight is 379 g/mol. The van der Waals surface area contributed by atoms with Gasteiger partial charge in [0.1, 0.15) is 7.05 Å². The van der Waals surface area contributed by atoms with Crippen LogP contribution in [0, 0.1) is 0 Å². The van der Waals surface area contributed by atoms with Crippen LogP contribution >= 0.6 is 0 Å². The van der Waals surface area contributed by atoms with Crippen molar-refractivity contribution in [2.75, 3.05) is 0 Å². The van der Waals surface area contributed by atoms with Gasteiger partial charge in [-0.2, -0.15) is 0 Å². The number of hydrogen-bond donors (Lipinski definition) is 0. The number of hydrogen-bond acceptors (Lipinski definition) is 0. The van der Waals surface area contributed by atoms with Crippen molar-refractivity contribution in [2.24, 2.45) is 7.05 Å². The number of benzene rings is 1. The maximum absolute atomic E-state index is 9.91. The second-order valence-corrected chi connectivity index (χ2v) is 6.96. The minimum absolute atomic E-state index is 0. The Morgan fingerprint density at radius 1 is 0.889 bits per heavy atom. The normalized spacial score (nSPS) is 12.7. The Hall–Kier alpha value is -0.942. The van der Waals surface area contributed by atoms with Crippen molar-refractivity contribution in [2.45, 2.75) is 0 Å². The predicted octanol–water partition coefficient (Wildman–Crippen LogP) is 2.56. The fourth-order valence-electron chi connectivity index (χ4n) is 1.31. The summed E-state index contributed by atoms with van der Waals surface area (Å²) in [5.74, 6) is 0. The molecule has 2 N–H and O–H groups in total. The molecule has 0 aliphatic carbocycles. The molecule has 0 saturated heterocycles. The van der Waals surface area contributed by atoms with Crippen LogP contribution < -0.4 is 4.57 Å². The number of para-hydroxylation sites is 1. The standard InChI is InChI=1S/C10H10N.5FH.H2O.Sb/c1-11-8-4-6-9-5-2-3-7-10(9)11;;;;;;;/h2-8H,1H3;5*1H;1H2;/q+1;;;;;;;+4/p-5. The summed E-state index contributed by atoms with van der Waals surface area (Å²) in [4.78, 5) is 0. The van der Waals surface area contributed by atoms with Gasteiger partial charge in [0.25, 0.3) is 0 Å². The monoisotopic (exact) mass is 378 g/mol. The molecule has 0 radical (unpaired) electrons. The zero-order valence-corrected chi connectivity index (χ0v) is 11.9. The van der Waals surface area contributed by atoms with Crippen LogP contribution in [0.25, 0.3) is 10.9 Å². The van der Waals surface area contributed by atoms with Crippen molar-refractivity contribution in [3.05, 3.63) is 42.6 Å². The first-order valence-corrected chi connectivity index (χ1v) is 9.38. The molecular weight excluding hydrogens is 367 g/mol. The van der Waals surface area contributed by atoms with Gasteiger partial charge in [0.2, 0.25) is 5.52 Å². The fraction of sp³-hybridized carbons (Fsp3) is 0.100. The molecule has 0 aliphatic heterocycles. The van der Waals surface area contributed by atoms with Crippen molar-refractivity contribution >= 4 is 31.2 Å². The first-order valence-electron chi connectivity index (χ1n) is 4.56. The number of nitrogens with zero attached hydrogens (tertiary/aromatic N) is 1. The average Bonchev–Trinajstić information content (AvgIpc) is 2.15. The van der Waals surface area contributed by atoms with E-state index in [-0.39, 0.29) is 5.48 Å². The summed E-state index contributed by atoms with van der Waals surface area (Å²) in [7, 11) is 2.06. The third-order valence-electron chi connectivity index (χ3n) is 1.90. The third kappa shape index (κ3) is 7.40. The predicted molar refractivity (Wildman–Crippen MR) is 60.0 cm³/mol. The van der Waals surface area contributed by atoms with E-state index >= 15 is 0 Å². The zero-order valence-electron chi connectivity index (χ0n) is 9.33. The van der Waals surface area contributed by atoms with Gasteiger partial charge in [-0.05, 0) is 12.1 Å². The Bertz CT molecular complexity index is 504. The van der Waals surface area contributed by atoms with Crippen molar-refractivity contribution in [1.82, 2.24) is 0 Å². The summed E-state index contributed by atoms with van der Waals surface area (Å²) in [6, 6.07) is 12.5. The summed E-state index contributed by atoms with van der Waals surface area (Å²) in [6.07, 6.45) is 2.06. The topological polar surface area (TPSA) is 35.4 Å². The van der Waals surface area contributed by atoms with Gasteiger partial charge in [0.05, 0.1) is 0 Å². The molecule has 0 amide bonds. The van der Waals surface area contributed by atoms with Crippen LogP contribution in [0.2, 0.25) is 0 Å². The van der Waals surface area contributed by atoms with Gasteiger partial charge in [0, 0.05) is 17.5 Å². The molecule has 103 valence electrons. The Balaban J connectivity index is 0.000000362. The molecule has 0 fully saturated rings. The second-order valence-electron chi connectivity index (χ2n) is 3.32. The van der Waals surface area contributed by atoms with Crippen molar-refractivity contribution < 1.29 is 24.1 Å². The van der Waals surface area contributed by atoms with E-state index in [2.05, 4.69) is 54.2 Å². The Kier molecular flexibility index (Phi) is 5.50. The minimum atomic E-state index is -9.19. The number of halogens is 5. The SMILES string of the molecule is C[n+]1cccc2ccccc21.O.[F][Sb-]([F])([F])([F])[F]. The summed E-state index contributed by atoms with van der Waals surface area (Å²) in [5, 5.41) is 1.29. The zero-order chi connectivity index (χ0) is 13.1. The summed E-state index contributed by atoms with van der Waals surface area (Å²) < 4.78 is 51.7. The van der Waals surface area contributed by atoms with Gasteiger partial charge < -0.3 is 5.48 Å². The molecule has 0 aliphatic rings. The van der Waals surface area contributed by atoms with Crippen molar-refractivity contribution in [3.8, 4) is 0 Å². The molecule has 0 spiro atoms. The van der Waals surface area contributed by atoms with E-state index in [4.69, 9.17) is 0 Å². The molecule has 8 heteroatoms. The molecule has 0 atom stereocenters. The van der Waals surface area contributed by atoms with Crippen LogP contribution in [-0.4, -0.2) is 25.8 Å². The number of pyridine rings is 1. The van der Waals surface area contributed by atoms with Crippen LogP contribution in [0.15, 0.2) is 42.6 Å². The number of fused-ring (bicyclic) bond motifs is 1. The van der Waals surface area contributed by atoms with Crippen LogP contribution in [0.3, 0.4) is 0 Å². The van der Waals surface area contributed by atoms with E-state index in [1.807, 2.05) is 0 Å². The van der Waals surface area contributed by atoms with Gasteiger partial charge in [-0.1, -0.05) is 12.1 Å². The molecule has 2 rings (SSSR count). The molecule has 1 aromatic carbocycles. The van der Waals surface area contributed by atoms with E-state index in [0.29, 0.717) is 0 Å². The van der Waals surface area contributed by atoms with Crippen LogP contribution in [-0.2, 0) is 7.05 Å². The molecule has 1 aromatic heterocycles. The van der Waals surface area contributed by atoms with Gasteiger partial charge in [-0.15, -0.1) is 0 Å². The summed E-state index contributed by atoms with van der Waals surface area (Å²) >= 11 is -9.19. The number of aromatic nitrogens is 1. The molecule has 2 nitrogen and oxygen atoms in total. The van der Waals surface area contributed by atoms with E-state index in [9.17, 15) is 14.1 Å². The molecule has 0 unspecified atom stereocenters. The molecular formula is C10H12F5NOSb. The van der Waals surface area contributed by atoms with Crippen LogP contribution in [0.1, 0.15) is 0 Å². The maximum atomic E-state index is 9.91. The third-order valence-corrected chi connectivity index (χ3v) is 1.90. The number of rotatable bonds is 0. The van der Waals surface area contributed by atoms with E-state index in [0.717, 1.165) is 0 Å². The Morgan fingerprint density at radius 2 is 1.33 bits per heavy atom. The first kappa shape index (κ1) is 17.1. The summed E-state index contributed by atoms with van der Waals surface area (Å²) in [6.45, 7) is 0. The van der Waals surface area contributed by atoms with Gasteiger partial charge in [-0.25, -0.2) is 4.57 Å². The number of aryl methyl sites for hydroxylation is 1. The molecule has 0 saturated carbocycles. The van der Waals surface area contributed by atoms with E-state index < -0.39 is 20.3 Å². The van der Waals surface area contributed by atoms with E-state index in [1.54, 1.807) is 0 Å². The van der Waals surface area contributed by atoms with Crippen LogP contribution in [0.4, 0.5) is 14.1 Å². The Morgan fingerprint density at radius 3 is 1.83 bits per heavy atom. The van der Waals surface area contributed by atoms with E-state index in [1.165, 1.54) is 10.9 Å². The fourth-order valence-corrected chi connectivity index (χ4v) is 1.31. The van der Waals surface area contributed by atoms with Gasteiger partial charge >= 0.3 is 34.4 Å². The Labute approximate surface area is 105 Å². The van der Waals surface area contributed by atoms with Gasteiger partial charge in [-0.3, -0.25) is 0 Å². The summed E-state index contributed by atoms with van der Waals surface area (Å²) in [5.41, 5.74) is 1.27. The molecule has 18 heavy (non-hydrogen) atoms. The molecule has 1 heterocycles.